The van der Waals surface area contributed by atoms with Gasteiger partial charge in [-0.15, -0.1) is 45.3 Å². The highest BCUT2D eigenvalue weighted by atomic mass is 79.9. The van der Waals surface area contributed by atoms with Crippen LogP contribution in [0.15, 0.2) is 189 Å². The topological polar surface area (TPSA) is 416 Å². The summed E-state index contributed by atoms with van der Waals surface area (Å²) in [6.07, 6.45) is 5.85. The summed E-state index contributed by atoms with van der Waals surface area (Å²) in [6.45, 7) is 9.12. The molecule has 32 nitrogen and oxygen atoms in total. The van der Waals surface area contributed by atoms with E-state index in [1.165, 1.54) is 101 Å². The molecule has 0 aliphatic carbocycles. The maximum absolute atomic E-state index is 14.8. The highest BCUT2D eigenvalue weighted by molar-refractivity contribution is 9.10. The summed E-state index contributed by atoms with van der Waals surface area (Å²) in [5.41, 5.74) is 4.72. The first-order valence-corrected chi connectivity index (χ1v) is 52.6. The van der Waals surface area contributed by atoms with Crippen molar-refractivity contribution in [1.29, 1.82) is 0 Å². The highest BCUT2D eigenvalue weighted by Gasteiger charge is 2.53. The number of aromatic nitrogens is 4. The molecule has 0 radical (unpaired) electrons. The molecule has 16 rings (SSSR count). The number of carboxylic acid groups (broad SMARTS) is 4. The number of hydrogen-bond acceptors (Lipinski definition) is 35. The highest BCUT2D eigenvalue weighted by Crippen LogP contribution is 2.46. The van der Waals surface area contributed by atoms with Crippen molar-refractivity contribution in [2.45, 2.75) is 107 Å². The summed E-state index contributed by atoms with van der Waals surface area (Å²) in [5.74, 6) is -4.76. The van der Waals surface area contributed by atoms with Crippen LogP contribution >= 0.6 is 155 Å². The third-order valence-corrected chi connectivity index (χ3v) is 31.1. The molecule has 8 aromatic rings. The number of nitrogens with zero attached hydrogens (tertiary/aromatic N) is 12. The van der Waals surface area contributed by atoms with E-state index in [0.29, 0.717) is 145 Å². The minimum absolute atomic E-state index is 0.0377. The maximum Gasteiger partial charge on any atom is 0.338 e. The second kappa shape index (κ2) is 49.5. The molecule has 8 aliphatic heterocycles. The lowest BCUT2D eigenvalue weighted by molar-refractivity contribution is -0.143. The van der Waals surface area contributed by atoms with Crippen molar-refractivity contribution >= 4 is 226 Å². The van der Waals surface area contributed by atoms with Gasteiger partial charge in [0.2, 0.25) is 0 Å². The zero-order valence-electron chi connectivity index (χ0n) is 74.4. The summed E-state index contributed by atoms with van der Waals surface area (Å²) in [6, 6.07) is 10.6. The quantitative estimate of drug-likeness (QED) is 0.0123. The van der Waals surface area contributed by atoms with Crippen LogP contribution in [-0.2, 0) is 57.3 Å². The molecule has 4 fully saturated rings. The van der Waals surface area contributed by atoms with Crippen LogP contribution in [0.1, 0.15) is 113 Å². The van der Waals surface area contributed by atoms with Gasteiger partial charge >= 0.3 is 47.8 Å². The first-order chi connectivity index (χ1) is 66.7. The number of likely N-dealkylation sites (tertiary alicyclic amines) is 1. The second-order valence-corrected chi connectivity index (χ2v) is 41.3. The molecule has 0 bridgehead atoms. The number of alkyl halides is 2. The maximum atomic E-state index is 14.8. The van der Waals surface area contributed by atoms with Crippen LogP contribution in [0.5, 0.6) is 0 Å². The Hall–Kier alpha value is -9.46. The number of methoxy groups -OCH3 is 1. The molecule has 8 N–H and O–H groups in total. The number of carbonyl (C=O) groups is 8. The molecular weight excluding hydrogens is 2120 g/mol. The van der Waals surface area contributed by atoms with E-state index >= 15 is 0 Å². The van der Waals surface area contributed by atoms with E-state index < -0.39 is 126 Å². The SMILES string of the molecule is CCOC(=O)C1=C(CN2CCSC[C@H]2C(=O)O)NC(c2nccs2)=N[C@H]1c1ccc(Cl)cc1Cl.CCOC(=O)C1=C(CN2CCSC[C@H]2C(=O)O)NC(c2nccs2)=N[C@H]1c1ccc(F)cc1Br.CCOC(=O)C1=C(CN2CCSC[C@H]2C(=O)O)NC(c2nccs2)=N[C@H]1c1ccc(F)cc1Cl.COC(=O)C1=C(CN2C(C)C(F)(F)C[C@H]2CCC(=O)O)NC(c2nccs2)=N[C@H]1c1ccc(Cl)cc1Cl. The van der Waals surface area contributed by atoms with E-state index in [1.807, 2.05) is 25.5 Å². The van der Waals surface area contributed by atoms with E-state index in [9.17, 15) is 71.2 Å². The van der Waals surface area contributed by atoms with Gasteiger partial charge in [0.25, 0.3) is 5.92 Å². The number of carbonyl (C=O) groups excluding carboxylic acids is 4. The average molecular weight is 2210 g/mol. The second-order valence-electron chi connectivity index (χ2n) is 31.4. The number of ether oxygens (including phenoxy) is 4. The summed E-state index contributed by atoms with van der Waals surface area (Å²) in [7, 11) is 1.22. The minimum atomic E-state index is -3.03. The van der Waals surface area contributed by atoms with Crippen molar-refractivity contribution in [1.82, 2.24) is 60.8 Å². The van der Waals surface area contributed by atoms with E-state index in [2.05, 4.69) is 57.1 Å². The van der Waals surface area contributed by atoms with Gasteiger partial charge in [0, 0.05) is 215 Å². The molecule has 4 aromatic heterocycles. The van der Waals surface area contributed by atoms with Gasteiger partial charge < -0.3 is 60.6 Å². The Kier molecular flexibility index (Phi) is 38.0. The number of thiazole rings is 4. The summed E-state index contributed by atoms with van der Waals surface area (Å²) >= 11 is 45.2. The Morgan fingerprint density at radius 2 is 0.791 bits per heavy atom. The lowest BCUT2D eigenvalue weighted by Crippen LogP contribution is -2.50. The van der Waals surface area contributed by atoms with Gasteiger partial charge in [0.15, 0.2) is 43.4 Å². The molecule has 0 amide bonds. The molecule has 4 aromatic carbocycles. The smallest absolute Gasteiger partial charge is 0.338 e. The fourth-order valence-corrected chi connectivity index (χ4v) is 23.6. The third kappa shape index (κ3) is 26.5. The Balaban J connectivity index is 0.000000156. The number of nitrogens with one attached hydrogen (secondary N) is 4. The molecule has 139 heavy (non-hydrogen) atoms. The normalized spacial score (nSPS) is 21.7. The number of hydrogen-bond donors (Lipinski definition) is 8. The van der Waals surface area contributed by atoms with Crippen LogP contribution in [-0.4, -0.2) is 274 Å². The molecule has 0 spiro atoms. The zero-order valence-corrected chi connectivity index (χ0v) is 85.5. The fraction of sp³-hybridized carbons (Fsp3) is 0.378. The van der Waals surface area contributed by atoms with Crippen LogP contribution in [0.3, 0.4) is 0 Å². The minimum Gasteiger partial charge on any atom is -0.481 e. The lowest BCUT2D eigenvalue weighted by Gasteiger charge is -2.35. The number of esters is 4. The van der Waals surface area contributed by atoms with Crippen LogP contribution in [0, 0.1) is 11.6 Å². The Bertz CT molecular complexity index is 5710. The molecule has 1 unspecified atom stereocenters. The number of halogens is 10. The molecule has 0 saturated carbocycles. The van der Waals surface area contributed by atoms with Crippen molar-refractivity contribution in [3.8, 4) is 0 Å². The van der Waals surface area contributed by atoms with E-state index in [-0.39, 0.29) is 91.2 Å². The Labute approximate surface area is 856 Å². The molecule has 12 heterocycles. The molecule has 4 saturated heterocycles. The molecule has 738 valence electrons. The first kappa shape index (κ1) is 107. The Morgan fingerprint density at radius 3 is 1.10 bits per heavy atom. The third-order valence-electron chi connectivity index (χ3n) is 22.7. The van der Waals surface area contributed by atoms with Gasteiger partial charge in [0.1, 0.15) is 53.9 Å². The number of thioether (sulfide) groups is 3. The van der Waals surface area contributed by atoms with E-state index in [1.54, 1.807) is 128 Å². The van der Waals surface area contributed by atoms with Crippen molar-refractivity contribution in [3.63, 3.8) is 0 Å². The van der Waals surface area contributed by atoms with E-state index in [0.717, 1.165) is 17.3 Å². The summed E-state index contributed by atoms with van der Waals surface area (Å²) in [4.78, 5) is 143. The fourth-order valence-electron chi connectivity index (χ4n) is 16.1. The van der Waals surface area contributed by atoms with Gasteiger partial charge in [-0.05, 0) is 88.2 Å². The molecule has 8 aliphatic rings. The number of amidine groups is 4. The van der Waals surface area contributed by atoms with Gasteiger partial charge in [-0.1, -0.05) is 98.2 Å². The molecule has 9 atom stereocenters. The van der Waals surface area contributed by atoms with E-state index in [4.69, 9.17) is 102 Å². The Morgan fingerprint density at radius 1 is 0.468 bits per heavy atom. The average Bonchev–Trinajstić information content (AvgIpc) is 1.10. The number of benzene rings is 4. The lowest BCUT2D eigenvalue weighted by atomic mass is 9.95. The first-order valence-electron chi connectivity index (χ1n) is 43.0. The monoisotopic (exact) mass is 2200 g/mol. The van der Waals surface area contributed by atoms with Crippen molar-refractivity contribution in [2.75, 3.05) is 107 Å². The van der Waals surface area contributed by atoms with Crippen LogP contribution < -0.4 is 21.3 Å². The largest absolute Gasteiger partial charge is 0.481 e. The van der Waals surface area contributed by atoms with Crippen LogP contribution in [0.25, 0.3) is 0 Å². The van der Waals surface area contributed by atoms with Crippen molar-refractivity contribution in [3.05, 3.63) is 248 Å². The zero-order chi connectivity index (χ0) is 99.6. The van der Waals surface area contributed by atoms with Gasteiger partial charge in [-0.2, -0.15) is 35.3 Å². The van der Waals surface area contributed by atoms with Crippen molar-refractivity contribution < 1.29 is 95.3 Å². The number of rotatable bonds is 29. The van der Waals surface area contributed by atoms with Gasteiger partial charge in [0.05, 0.1) is 55.3 Å². The summed E-state index contributed by atoms with van der Waals surface area (Å²) < 4.78 is 78.8. The molecular formula is C90H90BrCl5F4N16O16S7. The number of aliphatic imine (C=N–C) groups is 4. The molecule has 49 heteroatoms. The predicted octanol–water partition coefficient (Wildman–Crippen LogP) is 15.6. The summed E-state index contributed by atoms with van der Waals surface area (Å²) in [5, 5.41) is 62.3. The van der Waals surface area contributed by atoms with Crippen molar-refractivity contribution in [2.24, 2.45) is 20.0 Å². The van der Waals surface area contributed by atoms with Gasteiger partial charge in [-0.25, -0.2) is 56.7 Å². The van der Waals surface area contributed by atoms with Crippen LogP contribution in [0.4, 0.5) is 17.6 Å². The number of carboxylic acids is 4. The van der Waals surface area contributed by atoms with Crippen LogP contribution in [0.2, 0.25) is 25.1 Å². The van der Waals surface area contributed by atoms with Gasteiger partial charge in [-0.3, -0.25) is 58.7 Å². The predicted molar refractivity (Wildman–Crippen MR) is 534 cm³/mol. The number of aliphatic carboxylic acids is 4. The standard InChI is InChI=1S/C24H24Cl2F2N4O4S.C22H22BrFN4O4S2.C22H22Cl2N4O4S2.C22H22ClFN4O4S2/c1-12-24(27,28)10-14(4-6-18(33)34)32(12)11-17-19(23(35)36-2)20(15-5-3-13(25)9-16(15)26)31-21(30-17)22-29-7-8-37-22;1-2-32-22(31)17-15(10-28-6-8-33-11-16(28)21(29)30)26-19(20-25-5-7-34-20)27-18(17)13-4-3-12(24)9-14(13)23;1-2-32-22(31)17-15(10-28-6-8-33-11-16(28)21(29)30)26-19(20-25-5-7-34-20)27-18(17)13-4-3-12(23)9-14(13)24;1-2-32-22(31)17-15(10-28-6-8-33-11-16(28)21(29)30)26-19(20-25-5-7-34-20)27-18(17)13-4-3-12(24)9-14(13)23/h3,5,7-9,12,14,20H,4,6,10-11H2,1-2H3,(H,30,31)(H,33,34);3*3-5,7,9,16,18H,2,6,8,10-11H2,1H3,(H,26,27)(H,29,30)/t12?,14-,20+;3*16-,18-/m1000/s1.